The van der Waals surface area contributed by atoms with Crippen molar-refractivity contribution in [2.75, 3.05) is 13.2 Å². The summed E-state index contributed by atoms with van der Waals surface area (Å²) in [6, 6.07) is 16.1. The van der Waals surface area contributed by atoms with Crippen LogP contribution in [0.25, 0.3) is 10.8 Å². The SMILES string of the molecule is O=S(=O)(Cc1cc(F)ccc1F)NCC#CCOc1cccc2ccccc12. The molecule has 0 atom stereocenters. The minimum absolute atomic E-state index is 0.0915. The Kier molecular flexibility index (Phi) is 6.24. The zero-order valence-corrected chi connectivity index (χ0v) is 15.6. The molecule has 0 amide bonds. The van der Waals surface area contributed by atoms with Crippen LogP contribution >= 0.6 is 0 Å². The topological polar surface area (TPSA) is 55.4 Å². The standard InChI is InChI=1S/C21H17F2NO3S/c22-18-10-11-20(23)17(14-18)15-28(25,26)24-12-3-4-13-27-21-9-5-7-16-6-1-2-8-19(16)21/h1-2,5-11,14,24H,12-13,15H2. The normalized spacial score (nSPS) is 11.1. The van der Waals surface area contributed by atoms with Gasteiger partial charge in [0.25, 0.3) is 0 Å². The van der Waals surface area contributed by atoms with Crippen LogP contribution in [-0.4, -0.2) is 21.6 Å². The fourth-order valence-electron chi connectivity index (χ4n) is 2.60. The van der Waals surface area contributed by atoms with Crippen molar-refractivity contribution >= 4 is 20.8 Å². The van der Waals surface area contributed by atoms with Crippen molar-refractivity contribution in [1.82, 2.24) is 4.72 Å². The minimum atomic E-state index is -3.84. The zero-order valence-electron chi connectivity index (χ0n) is 14.8. The van der Waals surface area contributed by atoms with E-state index in [1.807, 2.05) is 42.5 Å². The number of benzene rings is 3. The maximum Gasteiger partial charge on any atom is 0.216 e. The van der Waals surface area contributed by atoms with Gasteiger partial charge in [-0.05, 0) is 29.7 Å². The van der Waals surface area contributed by atoms with Crippen molar-refractivity contribution in [1.29, 1.82) is 0 Å². The van der Waals surface area contributed by atoms with Crippen LogP contribution in [-0.2, 0) is 15.8 Å². The molecule has 0 heterocycles. The molecule has 3 rings (SSSR count). The van der Waals surface area contributed by atoms with E-state index in [2.05, 4.69) is 16.6 Å². The average molecular weight is 401 g/mol. The maximum absolute atomic E-state index is 13.6. The highest BCUT2D eigenvalue weighted by atomic mass is 32.2. The lowest BCUT2D eigenvalue weighted by atomic mass is 10.1. The van der Waals surface area contributed by atoms with Crippen LogP contribution in [0.4, 0.5) is 8.78 Å². The van der Waals surface area contributed by atoms with Gasteiger partial charge in [0.05, 0.1) is 12.3 Å². The molecule has 0 saturated carbocycles. The first-order chi connectivity index (χ1) is 13.4. The predicted molar refractivity (Wildman–Crippen MR) is 104 cm³/mol. The average Bonchev–Trinajstić information content (AvgIpc) is 2.67. The van der Waals surface area contributed by atoms with Crippen LogP contribution in [0.3, 0.4) is 0 Å². The summed E-state index contributed by atoms with van der Waals surface area (Å²) >= 11 is 0. The molecule has 0 aliphatic heterocycles. The summed E-state index contributed by atoms with van der Waals surface area (Å²) in [7, 11) is -3.84. The van der Waals surface area contributed by atoms with Crippen LogP contribution < -0.4 is 9.46 Å². The van der Waals surface area contributed by atoms with Crippen molar-refractivity contribution in [3.8, 4) is 17.6 Å². The van der Waals surface area contributed by atoms with Crippen LogP contribution in [0.15, 0.2) is 60.7 Å². The van der Waals surface area contributed by atoms with Gasteiger partial charge in [-0.1, -0.05) is 48.2 Å². The lowest BCUT2D eigenvalue weighted by molar-refractivity contribution is 0.374. The van der Waals surface area contributed by atoms with E-state index < -0.39 is 27.4 Å². The van der Waals surface area contributed by atoms with E-state index in [1.165, 1.54) is 0 Å². The van der Waals surface area contributed by atoms with Crippen molar-refractivity contribution < 1.29 is 21.9 Å². The first-order valence-corrected chi connectivity index (χ1v) is 10.1. The van der Waals surface area contributed by atoms with Crippen LogP contribution in [0.2, 0.25) is 0 Å². The molecular formula is C21H17F2NO3S. The second kappa shape index (κ2) is 8.83. The fourth-order valence-corrected chi connectivity index (χ4v) is 3.63. The van der Waals surface area contributed by atoms with Crippen LogP contribution in [0.1, 0.15) is 5.56 Å². The molecule has 0 fully saturated rings. The van der Waals surface area contributed by atoms with Gasteiger partial charge in [0.2, 0.25) is 10.0 Å². The number of ether oxygens (including phenoxy) is 1. The Balaban J connectivity index is 1.52. The van der Waals surface area contributed by atoms with E-state index in [0.29, 0.717) is 5.75 Å². The third kappa shape index (κ3) is 5.28. The lowest BCUT2D eigenvalue weighted by Crippen LogP contribution is -2.26. The van der Waals surface area contributed by atoms with Gasteiger partial charge in [-0.15, -0.1) is 0 Å². The second-order valence-corrected chi connectivity index (χ2v) is 7.74. The summed E-state index contributed by atoms with van der Waals surface area (Å²) < 4.78 is 58.5. The number of fused-ring (bicyclic) bond motifs is 1. The van der Waals surface area contributed by atoms with Gasteiger partial charge in [-0.3, -0.25) is 0 Å². The number of halogens is 2. The molecule has 28 heavy (non-hydrogen) atoms. The van der Waals surface area contributed by atoms with Gasteiger partial charge in [-0.25, -0.2) is 21.9 Å². The summed E-state index contributed by atoms with van der Waals surface area (Å²) in [5.74, 6) is 3.91. The van der Waals surface area contributed by atoms with Gasteiger partial charge in [0, 0.05) is 10.9 Å². The molecule has 0 unspecified atom stereocenters. The molecule has 0 aromatic heterocycles. The van der Waals surface area contributed by atoms with E-state index in [9.17, 15) is 17.2 Å². The Morgan fingerprint density at radius 2 is 1.75 bits per heavy atom. The van der Waals surface area contributed by atoms with E-state index in [0.717, 1.165) is 29.0 Å². The minimum Gasteiger partial charge on any atom is -0.480 e. The van der Waals surface area contributed by atoms with Gasteiger partial charge >= 0.3 is 0 Å². The van der Waals surface area contributed by atoms with E-state index in [1.54, 1.807) is 0 Å². The fraction of sp³-hybridized carbons (Fsp3) is 0.143. The smallest absolute Gasteiger partial charge is 0.216 e. The molecule has 4 nitrogen and oxygen atoms in total. The molecule has 0 saturated heterocycles. The van der Waals surface area contributed by atoms with Crippen molar-refractivity contribution in [3.63, 3.8) is 0 Å². The highest BCUT2D eigenvalue weighted by Crippen LogP contribution is 2.24. The van der Waals surface area contributed by atoms with Gasteiger partial charge in [0.1, 0.15) is 24.0 Å². The Morgan fingerprint density at radius 3 is 2.61 bits per heavy atom. The van der Waals surface area contributed by atoms with E-state index >= 15 is 0 Å². The molecule has 3 aromatic rings. The first-order valence-electron chi connectivity index (χ1n) is 8.42. The summed E-state index contributed by atoms with van der Waals surface area (Å²) in [6.07, 6.45) is 0. The molecule has 0 radical (unpaired) electrons. The van der Waals surface area contributed by atoms with E-state index in [-0.39, 0.29) is 18.7 Å². The zero-order chi connectivity index (χ0) is 20.0. The number of nitrogens with one attached hydrogen (secondary N) is 1. The highest BCUT2D eigenvalue weighted by molar-refractivity contribution is 7.88. The molecule has 0 bridgehead atoms. The Bertz CT molecular complexity index is 1150. The van der Waals surface area contributed by atoms with Crippen LogP contribution in [0.5, 0.6) is 5.75 Å². The van der Waals surface area contributed by atoms with Crippen molar-refractivity contribution in [3.05, 3.63) is 77.9 Å². The number of hydrogen-bond acceptors (Lipinski definition) is 3. The monoisotopic (exact) mass is 401 g/mol. The number of rotatable bonds is 6. The van der Waals surface area contributed by atoms with Gasteiger partial charge in [-0.2, -0.15) is 0 Å². The summed E-state index contributed by atoms with van der Waals surface area (Å²) in [5.41, 5.74) is -0.236. The van der Waals surface area contributed by atoms with Gasteiger partial charge in [0.15, 0.2) is 0 Å². The molecular weight excluding hydrogens is 384 g/mol. The Morgan fingerprint density at radius 1 is 0.964 bits per heavy atom. The van der Waals surface area contributed by atoms with Crippen molar-refractivity contribution in [2.24, 2.45) is 0 Å². The highest BCUT2D eigenvalue weighted by Gasteiger charge is 2.14. The third-order valence-corrected chi connectivity index (χ3v) is 5.18. The molecule has 0 aliphatic rings. The third-order valence-electron chi connectivity index (χ3n) is 3.91. The van der Waals surface area contributed by atoms with Crippen molar-refractivity contribution in [2.45, 2.75) is 5.75 Å². The molecule has 1 N–H and O–H groups in total. The summed E-state index contributed by atoms with van der Waals surface area (Å²) in [6.45, 7) is -0.0631. The maximum atomic E-state index is 13.6. The lowest BCUT2D eigenvalue weighted by Gasteiger charge is -2.06. The van der Waals surface area contributed by atoms with Gasteiger partial charge < -0.3 is 4.74 Å². The number of sulfonamides is 1. The second-order valence-electron chi connectivity index (χ2n) is 5.94. The van der Waals surface area contributed by atoms with Crippen LogP contribution in [0, 0.1) is 23.5 Å². The number of hydrogen-bond donors (Lipinski definition) is 1. The molecule has 144 valence electrons. The Hall–Kier alpha value is -2.95. The quantitative estimate of drug-likeness (QED) is 0.642. The summed E-state index contributed by atoms with van der Waals surface area (Å²) in [5, 5.41) is 2.01. The molecule has 3 aromatic carbocycles. The molecule has 0 spiro atoms. The first kappa shape index (κ1) is 19.8. The van der Waals surface area contributed by atoms with E-state index in [4.69, 9.17) is 4.74 Å². The summed E-state index contributed by atoms with van der Waals surface area (Å²) in [4.78, 5) is 0. The molecule has 7 heteroatoms. The molecule has 0 aliphatic carbocycles. The largest absolute Gasteiger partial charge is 0.480 e. The predicted octanol–water partition coefficient (Wildman–Crippen LogP) is 3.62. The Labute approximate surface area is 162 Å².